The molecular weight excluding hydrogens is 426 g/mol. The molecule has 8 heteroatoms. The summed E-state index contributed by atoms with van der Waals surface area (Å²) >= 11 is 1.46. The van der Waals surface area contributed by atoms with E-state index in [2.05, 4.69) is 15.3 Å². The highest BCUT2D eigenvalue weighted by molar-refractivity contribution is 7.98. The minimum absolute atomic E-state index is 0.162. The van der Waals surface area contributed by atoms with Crippen LogP contribution in [0, 0.1) is 0 Å². The van der Waals surface area contributed by atoms with Gasteiger partial charge >= 0.3 is 0 Å². The van der Waals surface area contributed by atoms with Crippen LogP contribution < -0.4 is 10.1 Å². The number of thioether (sulfide) groups is 1. The fourth-order valence-electron chi connectivity index (χ4n) is 3.10. The first-order valence-corrected chi connectivity index (χ1v) is 11.1. The van der Waals surface area contributed by atoms with E-state index in [0.717, 1.165) is 22.2 Å². The maximum Gasteiger partial charge on any atom is 0.257 e. The van der Waals surface area contributed by atoms with Crippen molar-refractivity contribution < 1.29 is 18.7 Å². The Hall–Kier alpha value is -3.36. The molecule has 0 radical (unpaired) electrons. The Morgan fingerprint density at radius 1 is 1.03 bits per heavy atom. The lowest BCUT2D eigenvalue weighted by molar-refractivity contribution is 0.0949. The van der Waals surface area contributed by atoms with Crippen LogP contribution in [0.3, 0.4) is 0 Å². The highest BCUT2D eigenvalue weighted by Gasteiger charge is 2.14. The fraction of sp³-hybridized carbons (Fsp3) is 0.208. The predicted molar refractivity (Wildman–Crippen MR) is 123 cm³/mol. The van der Waals surface area contributed by atoms with Crippen LogP contribution in [0.15, 0.2) is 76.5 Å². The van der Waals surface area contributed by atoms with E-state index in [1.165, 1.54) is 11.8 Å². The Bertz CT molecular complexity index is 1160. The van der Waals surface area contributed by atoms with Gasteiger partial charge in [-0.1, -0.05) is 48.2 Å². The molecule has 0 bridgehead atoms. The Kier molecular flexibility index (Phi) is 7.37. The summed E-state index contributed by atoms with van der Waals surface area (Å²) < 4.78 is 16.4. The van der Waals surface area contributed by atoms with Crippen LogP contribution in [0.25, 0.3) is 11.1 Å². The third-order valence-corrected chi connectivity index (χ3v) is 5.58. The van der Waals surface area contributed by atoms with Crippen molar-refractivity contribution in [3.8, 4) is 5.88 Å². The van der Waals surface area contributed by atoms with Crippen molar-refractivity contribution in [2.75, 3.05) is 20.3 Å². The smallest absolute Gasteiger partial charge is 0.257 e. The molecule has 4 rings (SSSR count). The molecule has 0 saturated carbocycles. The number of hydrogen-bond donors (Lipinski definition) is 1. The first-order valence-electron chi connectivity index (χ1n) is 10.1. The summed E-state index contributed by atoms with van der Waals surface area (Å²) in [7, 11) is 1.61. The molecule has 0 unspecified atom stereocenters. The molecular formula is C24H23N3O4S. The summed E-state index contributed by atoms with van der Waals surface area (Å²) in [6.45, 7) is 1.17. The molecule has 0 aliphatic heterocycles. The van der Waals surface area contributed by atoms with Gasteiger partial charge in [-0.2, -0.15) is 0 Å². The molecule has 2 aromatic heterocycles. The van der Waals surface area contributed by atoms with Crippen molar-refractivity contribution in [3.05, 3.63) is 83.6 Å². The van der Waals surface area contributed by atoms with Crippen LogP contribution in [-0.2, 0) is 17.0 Å². The first kappa shape index (κ1) is 21.9. The summed E-state index contributed by atoms with van der Waals surface area (Å²) in [6, 6.07) is 18.9. The molecule has 164 valence electrons. The molecule has 0 aliphatic rings. The lowest BCUT2D eigenvalue weighted by Crippen LogP contribution is -2.24. The first-order chi connectivity index (χ1) is 15.7. The van der Waals surface area contributed by atoms with E-state index in [0.29, 0.717) is 42.2 Å². The molecule has 32 heavy (non-hydrogen) atoms. The van der Waals surface area contributed by atoms with Crippen LogP contribution in [0.4, 0.5) is 0 Å². The largest absolute Gasteiger partial charge is 0.475 e. The number of ether oxygens (including phenoxy) is 2. The predicted octanol–water partition coefficient (Wildman–Crippen LogP) is 4.47. The van der Waals surface area contributed by atoms with Crippen LogP contribution in [0.5, 0.6) is 5.88 Å². The van der Waals surface area contributed by atoms with E-state index in [1.54, 1.807) is 13.3 Å². The minimum Gasteiger partial charge on any atom is -0.475 e. The number of amides is 1. The number of fused-ring (bicyclic) bond motifs is 1. The topological polar surface area (TPSA) is 86.5 Å². The van der Waals surface area contributed by atoms with Gasteiger partial charge in [-0.3, -0.25) is 4.79 Å². The summed E-state index contributed by atoms with van der Waals surface area (Å²) in [4.78, 5) is 21.7. The molecule has 0 spiro atoms. The summed E-state index contributed by atoms with van der Waals surface area (Å²) in [6.07, 6.45) is 1.66. The number of rotatable bonds is 10. The summed E-state index contributed by atoms with van der Waals surface area (Å²) in [5, 5.41) is 3.55. The molecule has 0 atom stereocenters. The maximum absolute atomic E-state index is 12.9. The van der Waals surface area contributed by atoms with Gasteiger partial charge in [0, 0.05) is 36.7 Å². The van der Waals surface area contributed by atoms with Gasteiger partial charge < -0.3 is 19.2 Å². The number of benzene rings is 2. The Morgan fingerprint density at radius 2 is 1.84 bits per heavy atom. The monoisotopic (exact) mass is 449 g/mol. The molecule has 0 saturated heterocycles. The Morgan fingerprint density at radius 3 is 2.72 bits per heavy atom. The normalized spacial score (nSPS) is 10.9. The molecule has 1 amide bonds. The van der Waals surface area contributed by atoms with Crippen LogP contribution in [0.2, 0.25) is 0 Å². The van der Waals surface area contributed by atoms with Crippen LogP contribution in [-0.4, -0.2) is 36.2 Å². The fourth-order valence-corrected chi connectivity index (χ4v) is 3.94. The van der Waals surface area contributed by atoms with Gasteiger partial charge in [-0.15, -0.1) is 0 Å². The summed E-state index contributed by atoms with van der Waals surface area (Å²) in [5.74, 6) is 0.893. The number of para-hydroxylation sites is 2. The number of hydrogen-bond acceptors (Lipinski definition) is 7. The van der Waals surface area contributed by atoms with Crippen LogP contribution >= 0.6 is 11.8 Å². The van der Waals surface area contributed by atoms with Crippen molar-refractivity contribution >= 4 is 28.8 Å². The molecule has 4 aromatic rings. The lowest BCUT2D eigenvalue weighted by atomic mass is 10.1. The standard InChI is InChI=1S/C24H23N3O4S/c1-29-13-14-30-23-17(8-6-12-25-23)15-26-22(28)19-9-3-2-7-18(19)16-32-24-27-20-10-4-5-11-21(20)31-24/h2-12H,13-16H2,1H3,(H,26,28). The van der Waals surface area contributed by atoms with E-state index in [4.69, 9.17) is 13.9 Å². The zero-order chi connectivity index (χ0) is 22.2. The van der Waals surface area contributed by atoms with Crippen molar-refractivity contribution in [3.63, 3.8) is 0 Å². The maximum atomic E-state index is 12.9. The zero-order valence-corrected chi connectivity index (χ0v) is 18.4. The van der Waals surface area contributed by atoms with Gasteiger partial charge in [0.2, 0.25) is 5.88 Å². The second kappa shape index (κ2) is 10.8. The number of oxazole rings is 1. The number of pyridine rings is 1. The molecule has 7 nitrogen and oxygen atoms in total. The molecule has 2 heterocycles. The van der Waals surface area contributed by atoms with E-state index in [9.17, 15) is 4.79 Å². The molecule has 2 aromatic carbocycles. The highest BCUT2D eigenvalue weighted by atomic mass is 32.2. The van der Waals surface area contributed by atoms with Gasteiger partial charge in [0.15, 0.2) is 5.58 Å². The van der Waals surface area contributed by atoms with Gasteiger partial charge in [0.05, 0.1) is 6.61 Å². The Balaban J connectivity index is 1.40. The van der Waals surface area contributed by atoms with Crippen molar-refractivity contribution in [1.29, 1.82) is 0 Å². The SMILES string of the molecule is COCCOc1ncccc1CNC(=O)c1ccccc1CSc1nc2ccccc2o1. The number of methoxy groups -OCH3 is 1. The van der Waals surface area contributed by atoms with Crippen LogP contribution in [0.1, 0.15) is 21.5 Å². The molecule has 0 aliphatic carbocycles. The van der Waals surface area contributed by atoms with Crippen molar-refractivity contribution in [2.45, 2.75) is 17.5 Å². The van der Waals surface area contributed by atoms with Gasteiger partial charge in [-0.25, -0.2) is 9.97 Å². The van der Waals surface area contributed by atoms with E-state index in [1.807, 2.05) is 60.7 Å². The number of aromatic nitrogens is 2. The Labute approximate surface area is 190 Å². The van der Waals surface area contributed by atoms with E-state index >= 15 is 0 Å². The highest BCUT2D eigenvalue weighted by Crippen LogP contribution is 2.27. The second-order valence-corrected chi connectivity index (χ2v) is 7.81. The summed E-state index contributed by atoms with van der Waals surface area (Å²) in [5.41, 5.74) is 3.89. The van der Waals surface area contributed by atoms with E-state index < -0.39 is 0 Å². The average Bonchev–Trinajstić information content (AvgIpc) is 3.25. The van der Waals surface area contributed by atoms with Gasteiger partial charge in [0.1, 0.15) is 12.1 Å². The van der Waals surface area contributed by atoms with E-state index in [-0.39, 0.29) is 5.91 Å². The quantitative estimate of drug-likeness (QED) is 0.282. The number of carbonyl (C=O) groups is 1. The third kappa shape index (κ3) is 5.46. The van der Waals surface area contributed by atoms with Gasteiger partial charge in [-0.05, 0) is 29.8 Å². The second-order valence-electron chi connectivity index (χ2n) is 6.88. The third-order valence-electron chi connectivity index (χ3n) is 4.70. The number of nitrogens with zero attached hydrogens (tertiary/aromatic N) is 2. The molecule has 0 fully saturated rings. The van der Waals surface area contributed by atoms with Gasteiger partial charge in [0.25, 0.3) is 11.1 Å². The number of carbonyl (C=O) groups excluding carboxylic acids is 1. The lowest BCUT2D eigenvalue weighted by Gasteiger charge is -2.12. The van der Waals surface area contributed by atoms with Crippen molar-refractivity contribution in [1.82, 2.24) is 15.3 Å². The minimum atomic E-state index is -0.162. The zero-order valence-electron chi connectivity index (χ0n) is 17.6. The van der Waals surface area contributed by atoms with Crippen molar-refractivity contribution in [2.24, 2.45) is 0 Å². The number of nitrogens with one attached hydrogen (secondary N) is 1. The molecule has 1 N–H and O–H groups in total. The average molecular weight is 450 g/mol.